The predicted molar refractivity (Wildman–Crippen MR) is 58.0 cm³/mol. The third-order valence-corrected chi connectivity index (χ3v) is 3.16. The average Bonchev–Trinajstić information content (AvgIpc) is 2.16. The zero-order valence-corrected chi connectivity index (χ0v) is 9.71. The van der Waals surface area contributed by atoms with Crippen LogP contribution >= 0.6 is 7.60 Å². The molecule has 0 spiro atoms. The topological polar surface area (TPSA) is 98.1 Å². The third kappa shape index (κ3) is 4.35. The van der Waals surface area contributed by atoms with Gasteiger partial charge in [0.25, 0.3) is 0 Å². The molecule has 0 aliphatic carbocycles. The Morgan fingerprint density at radius 3 is 2.69 bits per heavy atom. The molecule has 1 atom stereocenters. The summed E-state index contributed by atoms with van der Waals surface area (Å²) >= 11 is 0. The highest BCUT2D eigenvalue weighted by molar-refractivity contribution is 7.51. The molecule has 0 radical (unpaired) electrons. The first-order valence-electron chi connectivity index (χ1n) is 5.10. The van der Waals surface area contributed by atoms with E-state index in [4.69, 9.17) is 14.9 Å². The van der Waals surface area contributed by atoms with Crippen LogP contribution in [0.15, 0.2) is 12.3 Å². The Morgan fingerprint density at radius 1 is 1.44 bits per heavy atom. The van der Waals surface area contributed by atoms with Gasteiger partial charge in [0.05, 0.1) is 6.16 Å². The number of nitrogens with zero attached hydrogens (tertiary/aromatic N) is 1. The number of carboxylic acids is 1. The molecule has 6 nitrogen and oxygen atoms in total. The van der Waals surface area contributed by atoms with E-state index in [0.717, 1.165) is 12.8 Å². The second kappa shape index (κ2) is 5.48. The molecule has 0 saturated carbocycles. The maximum atomic E-state index is 10.9. The smallest absolute Gasteiger partial charge is 0.329 e. The van der Waals surface area contributed by atoms with Crippen LogP contribution in [0.1, 0.15) is 19.3 Å². The molecule has 1 unspecified atom stereocenters. The Balaban J connectivity index is 2.56. The van der Waals surface area contributed by atoms with Gasteiger partial charge in [0, 0.05) is 6.54 Å². The number of piperidine rings is 1. The highest BCUT2D eigenvalue weighted by atomic mass is 31.2. The van der Waals surface area contributed by atoms with Crippen molar-refractivity contribution >= 4 is 13.6 Å². The Hall–Kier alpha value is -0.840. The van der Waals surface area contributed by atoms with Crippen LogP contribution in [-0.2, 0) is 9.36 Å². The first-order chi connectivity index (χ1) is 7.40. The van der Waals surface area contributed by atoms with Gasteiger partial charge in [0.2, 0.25) is 0 Å². The summed E-state index contributed by atoms with van der Waals surface area (Å²) in [5.41, 5.74) is 0. The second-order valence-corrected chi connectivity index (χ2v) is 5.51. The fourth-order valence-corrected chi connectivity index (χ4v) is 2.09. The summed E-state index contributed by atoms with van der Waals surface area (Å²) in [4.78, 5) is 29.8. The summed E-state index contributed by atoms with van der Waals surface area (Å²) in [6.07, 6.45) is 4.83. The van der Waals surface area contributed by atoms with E-state index in [-0.39, 0.29) is 6.16 Å². The summed E-state index contributed by atoms with van der Waals surface area (Å²) in [6, 6.07) is -0.568. The quantitative estimate of drug-likeness (QED) is 0.632. The van der Waals surface area contributed by atoms with Crippen LogP contribution in [0.4, 0.5) is 0 Å². The molecular formula is C9H16NO5P. The highest BCUT2D eigenvalue weighted by Crippen LogP contribution is 2.34. The molecule has 0 amide bonds. The third-order valence-electron chi connectivity index (χ3n) is 2.47. The Labute approximate surface area is 93.7 Å². The lowest BCUT2D eigenvalue weighted by Gasteiger charge is -2.31. The maximum absolute atomic E-state index is 10.9. The summed E-state index contributed by atoms with van der Waals surface area (Å²) < 4.78 is 10.6. The molecule has 1 fully saturated rings. The minimum atomic E-state index is -4.04. The molecule has 1 rings (SSSR count). The van der Waals surface area contributed by atoms with Crippen molar-refractivity contribution in [1.82, 2.24) is 4.90 Å². The minimum Gasteiger partial charge on any atom is -0.480 e. The molecule has 0 aromatic heterocycles. The van der Waals surface area contributed by atoms with Gasteiger partial charge >= 0.3 is 13.6 Å². The van der Waals surface area contributed by atoms with E-state index in [1.165, 1.54) is 12.3 Å². The molecule has 7 heteroatoms. The van der Waals surface area contributed by atoms with Crippen LogP contribution in [0.3, 0.4) is 0 Å². The minimum absolute atomic E-state index is 0.351. The van der Waals surface area contributed by atoms with Gasteiger partial charge in [-0.1, -0.05) is 6.08 Å². The Kier molecular flexibility index (Phi) is 4.53. The SMILES string of the molecule is O=C(O)C1CCCCN1/C=C/CP(=O)(O)O. The highest BCUT2D eigenvalue weighted by Gasteiger charge is 2.25. The first kappa shape index (κ1) is 13.2. The van der Waals surface area contributed by atoms with E-state index in [2.05, 4.69) is 0 Å². The molecule has 1 heterocycles. The van der Waals surface area contributed by atoms with Crippen molar-refractivity contribution in [2.45, 2.75) is 25.3 Å². The normalized spacial score (nSPS) is 22.6. The van der Waals surface area contributed by atoms with Gasteiger partial charge in [-0.3, -0.25) is 4.57 Å². The van der Waals surface area contributed by atoms with Crippen LogP contribution in [-0.4, -0.2) is 44.5 Å². The van der Waals surface area contributed by atoms with Crippen LogP contribution in [0.25, 0.3) is 0 Å². The van der Waals surface area contributed by atoms with Crippen LogP contribution < -0.4 is 0 Å². The lowest BCUT2D eigenvalue weighted by atomic mass is 10.0. The van der Waals surface area contributed by atoms with E-state index in [9.17, 15) is 9.36 Å². The van der Waals surface area contributed by atoms with E-state index < -0.39 is 19.6 Å². The van der Waals surface area contributed by atoms with Crippen molar-refractivity contribution < 1.29 is 24.3 Å². The lowest BCUT2D eigenvalue weighted by molar-refractivity contribution is -0.143. The molecular weight excluding hydrogens is 233 g/mol. The van der Waals surface area contributed by atoms with Gasteiger partial charge in [0.1, 0.15) is 6.04 Å². The molecule has 1 saturated heterocycles. The largest absolute Gasteiger partial charge is 0.480 e. The Bertz CT molecular complexity index is 324. The molecule has 0 aromatic rings. The van der Waals surface area contributed by atoms with Crippen molar-refractivity contribution in [3.63, 3.8) is 0 Å². The second-order valence-electron chi connectivity index (χ2n) is 3.82. The van der Waals surface area contributed by atoms with E-state index in [0.29, 0.717) is 13.0 Å². The summed E-state index contributed by atoms with van der Waals surface area (Å²) in [7, 11) is -4.04. The van der Waals surface area contributed by atoms with E-state index >= 15 is 0 Å². The number of hydrogen-bond acceptors (Lipinski definition) is 3. The molecule has 0 bridgehead atoms. The Morgan fingerprint density at radius 2 is 2.12 bits per heavy atom. The van der Waals surface area contributed by atoms with Crippen LogP contribution in [0, 0.1) is 0 Å². The molecule has 3 N–H and O–H groups in total. The van der Waals surface area contributed by atoms with Crippen molar-refractivity contribution in [2.75, 3.05) is 12.7 Å². The van der Waals surface area contributed by atoms with E-state index in [1.54, 1.807) is 4.90 Å². The van der Waals surface area contributed by atoms with Crippen molar-refractivity contribution in [2.24, 2.45) is 0 Å². The van der Waals surface area contributed by atoms with Gasteiger partial charge in [-0.25, -0.2) is 4.79 Å². The number of aliphatic carboxylic acids is 1. The van der Waals surface area contributed by atoms with Gasteiger partial charge in [-0.2, -0.15) is 0 Å². The summed E-state index contributed by atoms with van der Waals surface area (Å²) in [5, 5.41) is 8.94. The van der Waals surface area contributed by atoms with Crippen molar-refractivity contribution in [3.05, 3.63) is 12.3 Å². The number of carboxylic acid groups (broad SMARTS) is 1. The fourth-order valence-electron chi connectivity index (χ4n) is 1.72. The van der Waals surface area contributed by atoms with Gasteiger partial charge in [0.15, 0.2) is 0 Å². The maximum Gasteiger partial charge on any atom is 0.329 e. The number of allylic oxidation sites excluding steroid dienone is 1. The number of rotatable bonds is 4. The molecule has 16 heavy (non-hydrogen) atoms. The molecule has 1 aliphatic heterocycles. The van der Waals surface area contributed by atoms with Crippen molar-refractivity contribution in [3.8, 4) is 0 Å². The zero-order chi connectivity index (χ0) is 12.2. The van der Waals surface area contributed by atoms with Gasteiger partial charge in [-0.05, 0) is 25.5 Å². The first-order valence-corrected chi connectivity index (χ1v) is 6.90. The monoisotopic (exact) mass is 249 g/mol. The number of likely N-dealkylation sites (tertiary alicyclic amines) is 1. The fraction of sp³-hybridized carbons (Fsp3) is 0.667. The van der Waals surface area contributed by atoms with Crippen LogP contribution in [0.5, 0.6) is 0 Å². The van der Waals surface area contributed by atoms with Crippen LogP contribution in [0.2, 0.25) is 0 Å². The van der Waals surface area contributed by atoms with Gasteiger partial charge in [-0.15, -0.1) is 0 Å². The molecule has 1 aliphatic rings. The summed E-state index contributed by atoms with van der Waals surface area (Å²) in [5.74, 6) is -0.888. The molecule has 0 aromatic carbocycles. The van der Waals surface area contributed by atoms with Crippen molar-refractivity contribution in [1.29, 1.82) is 0 Å². The van der Waals surface area contributed by atoms with E-state index in [1.807, 2.05) is 0 Å². The molecule has 92 valence electrons. The lowest BCUT2D eigenvalue weighted by Crippen LogP contribution is -2.41. The number of carbonyl (C=O) groups is 1. The zero-order valence-electron chi connectivity index (χ0n) is 8.82. The standard InChI is InChI=1S/C9H16NO5P/c11-9(12)8-4-1-2-5-10(8)6-3-7-16(13,14)15/h3,6,8H,1-2,4-5,7H2,(H,11,12)(H2,13,14,15)/b6-3+. The van der Waals surface area contributed by atoms with Gasteiger partial charge < -0.3 is 19.8 Å². The summed E-state index contributed by atoms with van der Waals surface area (Å²) in [6.45, 7) is 0.620. The predicted octanol–water partition coefficient (Wildman–Crippen LogP) is 0.617. The number of hydrogen-bond donors (Lipinski definition) is 3. The average molecular weight is 249 g/mol.